The third-order valence-electron chi connectivity index (χ3n) is 4.10. The number of fused-ring (bicyclic) bond motifs is 2. The topological polar surface area (TPSA) is 21.3 Å². The number of hydrogen-bond acceptors (Lipinski definition) is 2. The molecular formula is C15H20FNO. The highest BCUT2D eigenvalue weighted by Gasteiger charge is 2.32. The number of hydrogen-bond donors (Lipinski definition) is 1. The fourth-order valence-electron chi connectivity index (χ4n) is 3.19. The van der Waals surface area contributed by atoms with Gasteiger partial charge < -0.3 is 10.1 Å². The maximum atomic E-state index is 13.2. The number of nitrogens with one attached hydrogen (secondary N) is 1. The van der Waals surface area contributed by atoms with Gasteiger partial charge >= 0.3 is 0 Å². The molecule has 2 heterocycles. The van der Waals surface area contributed by atoms with Gasteiger partial charge in [-0.1, -0.05) is 6.42 Å². The SMILES string of the molecule is Cc1cc(OC2CC3CCCC(C2)N3)ccc1F. The predicted molar refractivity (Wildman–Crippen MR) is 69.3 cm³/mol. The van der Waals surface area contributed by atoms with Crippen LogP contribution < -0.4 is 10.1 Å². The molecule has 18 heavy (non-hydrogen) atoms. The van der Waals surface area contributed by atoms with Crippen LogP contribution in [0.25, 0.3) is 0 Å². The van der Waals surface area contributed by atoms with Crippen molar-refractivity contribution in [3.63, 3.8) is 0 Å². The summed E-state index contributed by atoms with van der Waals surface area (Å²) in [6.07, 6.45) is 6.30. The lowest BCUT2D eigenvalue weighted by atomic mass is 9.85. The summed E-state index contributed by atoms with van der Waals surface area (Å²) < 4.78 is 19.2. The third kappa shape index (κ3) is 2.51. The van der Waals surface area contributed by atoms with Gasteiger partial charge in [-0.25, -0.2) is 4.39 Å². The Morgan fingerprint density at radius 3 is 2.61 bits per heavy atom. The summed E-state index contributed by atoms with van der Waals surface area (Å²) in [6.45, 7) is 1.78. The minimum absolute atomic E-state index is 0.162. The van der Waals surface area contributed by atoms with Crippen molar-refractivity contribution in [2.24, 2.45) is 0 Å². The van der Waals surface area contributed by atoms with Gasteiger partial charge in [0, 0.05) is 12.1 Å². The zero-order valence-electron chi connectivity index (χ0n) is 10.8. The van der Waals surface area contributed by atoms with Crippen LogP contribution >= 0.6 is 0 Å². The molecule has 2 nitrogen and oxygen atoms in total. The van der Waals surface area contributed by atoms with E-state index in [1.165, 1.54) is 25.3 Å². The van der Waals surface area contributed by atoms with Crippen LogP contribution in [0.1, 0.15) is 37.7 Å². The molecule has 0 aliphatic carbocycles. The molecule has 0 radical (unpaired) electrons. The van der Waals surface area contributed by atoms with Crippen LogP contribution in [0.15, 0.2) is 18.2 Å². The second-order valence-corrected chi connectivity index (χ2v) is 5.61. The lowest BCUT2D eigenvalue weighted by Gasteiger charge is -2.40. The van der Waals surface area contributed by atoms with Crippen molar-refractivity contribution in [2.45, 2.75) is 57.2 Å². The van der Waals surface area contributed by atoms with Crippen LogP contribution in [0.4, 0.5) is 4.39 Å². The maximum absolute atomic E-state index is 13.2. The number of benzene rings is 1. The largest absolute Gasteiger partial charge is 0.490 e. The van der Waals surface area contributed by atoms with Crippen LogP contribution in [0.3, 0.4) is 0 Å². The summed E-state index contributed by atoms with van der Waals surface area (Å²) >= 11 is 0. The van der Waals surface area contributed by atoms with Gasteiger partial charge in [0.1, 0.15) is 17.7 Å². The van der Waals surface area contributed by atoms with Crippen molar-refractivity contribution < 1.29 is 9.13 Å². The van der Waals surface area contributed by atoms with E-state index in [0.29, 0.717) is 17.6 Å². The zero-order valence-corrected chi connectivity index (χ0v) is 10.8. The van der Waals surface area contributed by atoms with Gasteiger partial charge in [-0.15, -0.1) is 0 Å². The minimum Gasteiger partial charge on any atom is -0.490 e. The van der Waals surface area contributed by atoms with Crippen LogP contribution in [-0.2, 0) is 0 Å². The molecule has 2 atom stereocenters. The van der Waals surface area contributed by atoms with Gasteiger partial charge in [-0.05, 0) is 56.4 Å². The molecule has 2 aliphatic rings. The van der Waals surface area contributed by atoms with Crippen LogP contribution in [0.2, 0.25) is 0 Å². The second kappa shape index (κ2) is 4.88. The Bertz CT molecular complexity index is 423. The minimum atomic E-state index is -0.162. The lowest BCUT2D eigenvalue weighted by molar-refractivity contribution is 0.0926. The quantitative estimate of drug-likeness (QED) is 0.869. The average molecular weight is 249 g/mol. The van der Waals surface area contributed by atoms with Crippen LogP contribution in [0, 0.1) is 12.7 Å². The Labute approximate surface area is 108 Å². The molecule has 0 saturated carbocycles. The van der Waals surface area contributed by atoms with Crippen molar-refractivity contribution in [2.75, 3.05) is 0 Å². The molecule has 2 aliphatic heterocycles. The average Bonchev–Trinajstić information content (AvgIpc) is 2.33. The zero-order chi connectivity index (χ0) is 12.5. The molecule has 2 fully saturated rings. The van der Waals surface area contributed by atoms with Gasteiger partial charge in [0.2, 0.25) is 0 Å². The van der Waals surface area contributed by atoms with Crippen molar-refractivity contribution in [3.8, 4) is 5.75 Å². The Hall–Kier alpha value is -1.09. The molecule has 0 aromatic heterocycles. The van der Waals surface area contributed by atoms with E-state index in [0.717, 1.165) is 18.6 Å². The van der Waals surface area contributed by atoms with Crippen molar-refractivity contribution >= 4 is 0 Å². The molecule has 2 bridgehead atoms. The van der Waals surface area contributed by atoms with Gasteiger partial charge in [0.25, 0.3) is 0 Å². The molecule has 1 N–H and O–H groups in total. The van der Waals surface area contributed by atoms with Crippen molar-refractivity contribution in [1.82, 2.24) is 5.32 Å². The first-order valence-electron chi connectivity index (χ1n) is 6.89. The maximum Gasteiger partial charge on any atom is 0.126 e. The molecule has 0 spiro atoms. The molecule has 1 aromatic carbocycles. The van der Waals surface area contributed by atoms with Crippen molar-refractivity contribution in [1.29, 1.82) is 0 Å². The number of halogens is 1. The highest BCUT2D eigenvalue weighted by Crippen LogP contribution is 2.29. The predicted octanol–water partition coefficient (Wildman–Crippen LogP) is 3.19. The monoisotopic (exact) mass is 249 g/mol. The summed E-state index contributed by atoms with van der Waals surface area (Å²) in [7, 11) is 0. The first kappa shape index (κ1) is 12.0. The molecule has 98 valence electrons. The first-order valence-corrected chi connectivity index (χ1v) is 6.89. The van der Waals surface area contributed by atoms with E-state index < -0.39 is 0 Å². The summed E-state index contributed by atoms with van der Waals surface area (Å²) in [5, 5.41) is 3.65. The summed E-state index contributed by atoms with van der Waals surface area (Å²) in [6, 6.07) is 6.26. The molecule has 1 aromatic rings. The lowest BCUT2D eigenvalue weighted by Crippen LogP contribution is -2.51. The fraction of sp³-hybridized carbons (Fsp3) is 0.600. The second-order valence-electron chi connectivity index (χ2n) is 5.61. The normalized spacial score (nSPS) is 31.1. The van der Waals surface area contributed by atoms with E-state index in [-0.39, 0.29) is 11.9 Å². The highest BCUT2D eigenvalue weighted by molar-refractivity contribution is 5.29. The van der Waals surface area contributed by atoms with Gasteiger partial charge in [-0.2, -0.15) is 0 Å². The van der Waals surface area contributed by atoms with Gasteiger partial charge in [-0.3, -0.25) is 0 Å². The first-order chi connectivity index (χ1) is 8.70. The summed E-state index contributed by atoms with van der Waals surface area (Å²) in [4.78, 5) is 0. The molecule has 0 amide bonds. The fourth-order valence-corrected chi connectivity index (χ4v) is 3.19. The third-order valence-corrected chi connectivity index (χ3v) is 4.10. The van der Waals surface area contributed by atoms with Gasteiger partial charge in [0.05, 0.1) is 0 Å². The smallest absolute Gasteiger partial charge is 0.126 e. The molecular weight excluding hydrogens is 229 g/mol. The Morgan fingerprint density at radius 1 is 1.22 bits per heavy atom. The van der Waals surface area contributed by atoms with Crippen molar-refractivity contribution in [3.05, 3.63) is 29.6 Å². The summed E-state index contributed by atoms with van der Waals surface area (Å²) in [5.74, 6) is 0.642. The van der Waals surface area contributed by atoms with Crippen LogP contribution in [0.5, 0.6) is 5.75 Å². The number of ether oxygens (including phenoxy) is 1. The number of piperidine rings is 2. The Morgan fingerprint density at radius 2 is 1.94 bits per heavy atom. The molecule has 2 unspecified atom stereocenters. The Kier molecular flexibility index (Phi) is 3.25. The highest BCUT2D eigenvalue weighted by atomic mass is 19.1. The molecule has 3 rings (SSSR count). The van der Waals surface area contributed by atoms with E-state index in [1.807, 2.05) is 0 Å². The van der Waals surface area contributed by atoms with E-state index in [4.69, 9.17) is 4.74 Å². The van der Waals surface area contributed by atoms with E-state index in [2.05, 4.69) is 5.32 Å². The van der Waals surface area contributed by atoms with Crippen LogP contribution in [-0.4, -0.2) is 18.2 Å². The molecule has 3 heteroatoms. The number of aryl methyl sites for hydroxylation is 1. The van der Waals surface area contributed by atoms with E-state index >= 15 is 0 Å². The van der Waals surface area contributed by atoms with Gasteiger partial charge in [0.15, 0.2) is 0 Å². The van der Waals surface area contributed by atoms with E-state index in [1.54, 1.807) is 19.1 Å². The Balaban J connectivity index is 1.67. The molecule has 2 saturated heterocycles. The standard InChI is InChI=1S/C15H20FNO/c1-10-7-13(5-6-15(10)16)18-14-8-11-3-2-4-12(9-14)17-11/h5-7,11-12,14,17H,2-4,8-9H2,1H3. The van der Waals surface area contributed by atoms with E-state index in [9.17, 15) is 4.39 Å². The number of rotatable bonds is 2. The summed E-state index contributed by atoms with van der Waals surface area (Å²) in [5.41, 5.74) is 0.654.